The molecule has 0 amide bonds. The Hall–Kier alpha value is -0.930. The van der Waals surface area contributed by atoms with E-state index in [2.05, 4.69) is 4.37 Å². The maximum absolute atomic E-state index is 11.0. The van der Waals surface area contributed by atoms with Gasteiger partial charge < -0.3 is 0 Å². The molecular weight excluding hydrogens is 196 g/mol. The van der Waals surface area contributed by atoms with E-state index >= 15 is 0 Å². The van der Waals surface area contributed by atoms with E-state index in [1.807, 2.05) is 6.07 Å². The van der Waals surface area contributed by atoms with Crippen LogP contribution in [0.15, 0.2) is 5.03 Å². The summed E-state index contributed by atoms with van der Waals surface area (Å²) in [4.78, 5) is 0.637. The first-order valence-corrected chi connectivity index (χ1v) is 5.69. The van der Waals surface area contributed by atoms with Crippen LogP contribution in [-0.2, 0) is 9.84 Å². The molecule has 0 N–H and O–H groups in total. The summed E-state index contributed by atoms with van der Waals surface area (Å²) in [5.74, 6) is 0. The van der Waals surface area contributed by atoms with Crippen molar-refractivity contribution >= 4 is 21.4 Å². The Labute approximate surface area is 74.5 Å². The number of hydrogen-bond donors (Lipinski definition) is 0. The first kappa shape index (κ1) is 9.16. The van der Waals surface area contributed by atoms with Gasteiger partial charge in [-0.05, 0) is 18.5 Å². The molecule has 64 valence electrons. The first-order chi connectivity index (χ1) is 5.46. The number of rotatable bonds is 1. The number of sulfone groups is 1. The van der Waals surface area contributed by atoms with E-state index in [1.54, 1.807) is 6.92 Å². The molecule has 0 aliphatic rings. The van der Waals surface area contributed by atoms with Crippen LogP contribution in [-0.4, -0.2) is 19.0 Å². The average Bonchev–Trinajstić information content (AvgIpc) is 2.29. The molecule has 0 radical (unpaired) electrons. The third-order valence-electron chi connectivity index (χ3n) is 1.29. The molecule has 0 bridgehead atoms. The van der Waals surface area contributed by atoms with Crippen molar-refractivity contribution in [3.05, 3.63) is 10.4 Å². The van der Waals surface area contributed by atoms with Crippen molar-refractivity contribution in [3.8, 4) is 6.07 Å². The molecule has 0 aliphatic heterocycles. The minimum Gasteiger partial charge on any atom is -0.222 e. The lowest BCUT2D eigenvalue weighted by Gasteiger charge is -1.90. The second kappa shape index (κ2) is 2.84. The summed E-state index contributed by atoms with van der Waals surface area (Å²) < 4.78 is 25.7. The maximum atomic E-state index is 11.0. The normalized spacial score (nSPS) is 11.1. The van der Waals surface area contributed by atoms with E-state index in [9.17, 15) is 8.42 Å². The number of nitriles is 1. The third kappa shape index (κ3) is 1.47. The maximum Gasteiger partial charge on any atom is 0.195 e. The predicted octanol–water partition coefficient (Wildman–Crippen LogP) is 0.727. The Kier molecular flexibility index (Phi) is 2.17. The van der Waals surface area contributed by atoms with E-state index in [-0.39, 0.29) is 10.6 Å². The molecule has 4 nitrogen and oxygen atoms in total. The summed E-state index contributed by atoms with van der Waals surface area (Å²) in [6.07, 6.45) is 1.04. The van der Waals surface area contributed by atoms with Crippen molar-refractivity contribution in [1.29, 1.82) is 5.26 Å². The van der Waals surface area contributed by atoms with E-state index in [0.717, 1.165) is 17.8 Å². The molecule has 1 aromatic rings. The van der Waals surface area contributed by atoms with Crippen LogP contribution >= 0.6 is 11.5 Å². The second-order valence-corrected chi connectivity index (χ2v) is 5.21. The van der Waals surface area contributed by atoms with Gasteiger partial charge in [0.05, 0.1) is 0 Å². The van der Waals surface area contributed by atoms with Crippen LogP contribution in [0.25, 0.3) is 0 Å². The smallest absolute Gasteiger partial charge is 0.195 e. The van der Waals surface area contributed by atoms with Crippen molar-refractivity contribution in [2.24, 2.45) is 0 Å². The van der Waals surface area contributed by atoms with Crippen molar-refractivity contribution in [2.75, 3.05) is 6.26 Å². The molecule has 1 rings (SSSR count). The zero-order valence-electron chi connectivity index (χ0n) is 6.53. The SMILES string of the molecule is Cc1snc(S(C)(=O)=O)c1C#N. The Balaban J connectivity index is 3.49. The molecule has 6 heteroatoms. The zero-order valence-corrected chi connectivity index (χ0v) is 8.16. The Morgan fingerprint density at radius 3 is 2.50 bits per heavy atom. The summed E-state index contributed by atoms with van der Waals surface area (Å²) in [6.45, 7) is 1.67. The lowest BCUT2D eigenvalue weighted by Crippen LogP contribution is -1.99. The molecule has 12 heavy (non-hydrogen) atoms. The van der Waals surface area contributed by atoms with Gasteiger partial charge in [-0.1, -0.05) is 0 Å². The monoisotopic (exact) mass is 202 g/mol. The highest BCUT2D eigenvalue weighted by atomic mass is 32.2. The summed E-state index contributed by atoms with van der Waals surface area (Å²) in [7, 11) is -3.35. The molecule has 1 heterocycles. The van der Waals surface area contributed by atoms with Crippen LogP contribution in [0.2, 0.25) is 0 Å². The standard InChI is InChI=1S/C6H6N2O2S2/c1-4-5(3-7)6(8-11-4)12(2,9)10/h1-2H3. The zero-order chi connectivity index (χ0) is 9.35. The number of aromatic nitrogens is 1. The summed E-state index contributed by atoms with van der Waals surface area (Å²) >= 11 is 1.03. The highest BCUT2D eigenvalue weighted by molar-refractivity contribution is 7.90. The van der Waals surface area contributed by atoms with E-state index in [0.29, 0.717) is 4.88 Å². The molecule has 0 unspecified atom stereocenters. The van der Waals surface area contributed by atoms with Crippen molar-refractivity contribution in [1.82, 2.24) is 4.37 Å². The summed E-state index contributed by atoms with van der Waals surface area (Å²) in [6, 6.07) is 1.82. The van der Waals surface area contributed by atoms with Crippen LogP contribution in [0.5, 0.6) is 0 Å². The van der Waals surface area contributed by atoms with E-state index < -0.39 is 9.84 Å². The van der Waals surface area contributed by atoms with Crippen LogP contribution in [0.1, 0.15) is 10.4 Å². The highest BCUT2D eigenvalue weighted by Crippen LogP contribution is 2.20. The van der Waals surface area contributed by atoms with Gasteiger partial charge in [-0.2, -0.15) is 9.64 Å². The lowest BCUT2D eigenvalue weighted by molar-refractivity contribution is 0.599. The van der Waals surface area contributed by atoms with Crippen LogP contribution in [0.3, 0.4) is 0 Å². The minimum atomic E-state index is -3.35. The van der Waals surface area contributed by atoms with Gasteiger partial charge in [0.1, 0.15) is 11.6 Å². The molecule has 0 saturated carbocycles. The molecular formula is C6H6N2O2S2. The van der Waals surface area contributed by atoms with Gasteiger partial charge >= 0.3 is 0 Å². The first-order valence-electron chi connectivity index (χ1n) is 3.03. The summed E-state index contributed by atoms with van der Waals surface area (Å²) in [5, 5.41) is 8.50. The molecule has 0 saturated heterocycles. The van der Waals surface area contributed by atoms with E-state index in [4.69, 9.17) is 5.26 Å². The second-order valence-electron chi connectivity index (χ2n) is 2.30. The minimum absolute atomic E-state index is 0.104. The van der Waals surface area contributed by atoms with Crippen LogP contribution in [0, 0.1) is 18.3 Å². The van der Waals surface area contributed by atoms with Gasteiger partial charge in [-0.15, -0.1) is 0 Å². The Bertz CT molecular complexity index is 439. The van der Waals surface area contributed by atoms with Crippen molar-refractivity contribution < 1.29 is 8.42 Å². The molecule has 0 aliphatic carbocycles. The fraction of sp³-hybridized carbons (Fsp3) is 0.333. The van der Waals surface area contributed by atoms with Crippen molar-refractivity contribution in [3.63, 3.8) is 0 Å². The molecule has 0 aromatic carbocycles. The third-order valence-corrected chi connectivity index (χ3v) is 3.16. The number of aryl methyl sites for hydroxylation is 1. The quantitative estimate of drug-likeness (QED) is 0.673. The van der Waals surface area contributed by atoms with Crippen LogP contribution in [0.4, 0.5) is 0 Å². The van der Waals surface area contributed by atoms with Crippen molar-refractivity contribution in [2.45, 2.75) is 11.9 Å². The van der Waals surface area contributed by atoms with Gasteiger partial charge in [0.2, 0.25) is 0 Å². The lowest BCUT2D eigenvalue weighted by atomic mass is 10.3. The largest absolute Gasteiger partial charge is 0.222 e. The fourth-order valence-corrected chi connectivity index (χ4v) is 2.56. The van der Waals surface area contributed by atoms with Crippen LogP contribution < -0.4 is 0 Å². The predicted molar refractivity (Wildman–Crippen MR) is 44.7 cm³/mol. The van der Waals surface area contributed by atoms with Gasteiger partial charge in [-0.25, -0.2) is 8.42 Å². The Morgan fingerprint density at radius 2 is 2.17 bits per heavy atom. The molecule has 0 atom stereocenters. The summed E-state index contributed by atoms with van der Waals surface area (Å²) in [5.41, 5.74) is 0.169. The van der Waals surface area contributed by atoms with E-state index in [1.165, 1.54) is 0 Å². The molecule has 1 aromatic heterocycles. The fourth-order valence-electron chi connectivity index (χ4n) is 0.731. The Morgan fingerprint density at radius 1 is 1.58 bits per heavy atom. The average molecular weight is 202 g/mol. The van der Waals surface area contributed by atoms with Gasteiger partial charge in [0.25, 0.3) is 0 Å². The highest BCUT2D eigenvalue weighted by Gasteiger charge is 2.18. The topological polar surface area (TPSA) is 70.8 Å². The van der Waals surface area contributed by atoms with Gasteiger partial charge in [-0.3, -0.25) is 0 Å². The van der Waals surface area contributed by atoms with Gasteiger partial charge in [0.15, 0.2) is 14.9 Å². The number of nitrogens with zero attached hydrogens (tertiary/aromatic N) is 2. The molecule has 0 spiro atoms. The van der Waals surface area contributed by atoms with Gasteiger partial charge in [0, 0.05) is 11.1 Å². The molecule has 0 fully saturated rings. The number of hydrogen-bond acceptors (Lipinski definition) is 5.